The van der Waals surface area contributed by atoms with Gasteiger partial charge in [0.15, 0.2) is 0 Å². The van der Waals surface area contributed by atoms with E-state index in [9.17, 15) is 18.7 Å². The first-order valence-corrected chi connectivity index (χ1v) is 7.06. The first kappa shape index (κ1) is 14.7. The first-order valence-electron chi connectivity index (χ1n) is 7.06. The molecule has 3 rings (SSSR count). The van der Waals surface area contributed by atoms with E-state index in [1.807, 2.05) is 0 Å². The number of nitrogens with zero attached hydrogens (tertiary/aromatic N) is 1. The van der Waals surface area contributed by atoms with Gasteiger partial charge in [-0.3, -0.25) is 4.79 Å². The van der Waals surface area contributed by atoms with Crippen molar-refractivity contribution in [2.24, 2.45) is 0 Å². The monoisotopic (exact) mass is 303 g/mol. The Bertz CT molecular complexity index is 700. The fraction of sp³-hybridized carbons (Fsp3) is 0.235. The van der Waals surface area contributed by atoms with E-state index in [0.29, 0.717) is 11.1 Å². The molecule has 0 spiro atoms. The molecule has 1 heterocycles. The van der Waals surface area contributed by atoms with Crippen molar-refractivity contribution in [1.29, 1.82) is 0 Å². The van der Waals surface area contributed by atoms with Gasteiger partial charge in [0.05, 0.1) is 6.04 Å². The molecular formula is C17H15F2NO2. The highest BCUT2D eigenvalue weighted by Crippen LogP contribution is 2.38. The Morgan fingerprint density at radius 1 is 1.09 bits per heavy atom. The summed E-state index contributed by atoms with van der Waals surface area (Å²) in [6, 6.07) is 9.75. The van der Waals surface area contributed by atoms with Gasteiger partial charge in [0.1, 0.15) is 11.6 Å². The lowest BCUT2D eigenvalue weighted by molar-refractivity contribution is 0.0682. The molecule has 1 unspecified atom stereocenters. The fourth-order valence-electron chi connectivity index (χ4n) is 2.91. The molecule has 0 aliphatic carbocycles. The van der Waals surface area contributed by atoms with Crippen LogP contribution >= 0.6 is 0 Å². The summed E-state index contributed by atoms with van der Waals surface area (Å²) in [5.41, 5.74) is 1.43. The van der Waals surface area contributed by atoms with Crippen LogP contribution in [0.3, 0.4) is 0 Å². The molecule has 0 aromatic heterocycles. The number of fused-ring (bicyclic) bond motifs is 1. The van der Waals surface area contributed by atoms with Crippen molar-refractivity contribution in [3.63, 3.8) is 0 Å². The van der Waals surface area contributed by atoms with E-state index in [1.165, 1.54) is 29.2 Å². The van der Waals surface area contributed by atoms with Gasteiger partial charge >= 0.3 is 0 Å². The van der Waals surface area contributed by atoms with Gasteiger partial charge in [-0.15, -0.1) is 0 Å². The Balaban J connectivity index is 1.95. The molecule has 1 aliphatic heterocycles. The van der Waals surface area contributed by atoms with Crippen LogP contribution in [0.15, 0.2) is 42.5 Å². The highest BCUT2D eigenvalue weighted by Gasteiger charge is 2.38. The van der Waals surface area contributed by atoms with Crippen molar-refractivity contribution in [2.75, 3.05) is 6.61 Å². The standard InChI is InChI=1S/C17H15F2NO2/c18-12-6-4-11(5-7-12)10-20-15(8-9-21)16-13(17(20)22)2-1-3-14(16)19/h1-7,15,21H,8-10H2. The number of hydrogen-bond acceptors (Lipinski definition) is 2. The lowest BCUT2D eigenvalue weighted by Gasteiger charge is -2.25. The summed E-state index contributed by atoms with van der Waals surface area (Å²) in [6.07, 6.45) is 0.265. The van der Waals surface area contributed by atoms with E-state index >= 15 is 0 Å². The van der Waals surface area contributed by atoms with Crippen LogP contribution in [-0.2, 0) is 6.54 Å². The predicted octanol–water partition coefficient (Wildman–Crippen LogP) is 3.04. The van der Waals surface area contributed by atoms with Gasteiger partial charge in [0, 0.05) is 24.3 Å². The highest BCUT2D eigenvalue weighted by atomic mass is 19.1. The largest absolute Gasteiger partial charge is 0.396 e. The van der Waals surface area contributed by atoms with Crippen LogP contribution in [0.2, 0.25) is 0 Å². The molecule has 1 atom stereocenters. The number of carbonyl (C=O) groups excluding carboxylic acids is 1. The molecule has 1 aliphatic rings. The highest BCUT2D eigenvalue weighted by molar-refractivity contribution is 5.99. The molecule has 1 amide bonds. The van der Waals surface area contributed by atoms with Gasteiger partial charge in [0.2, 0.25) is 0 Å². The van der Waals surface area contributed by atoms with Crippen molar-refractivity contribution in [1.82, 2.24) is 4.90 Å². The van der Waals surface area contributed by atoms with Gasteiger partial charge in [-0.1, -0.05) is 18.2 Å². The zero-order chi connectivity index (χ0) is 15.7. The summed E-state index contributed by atoms with van der Waals surface area (Å²) in [4.78, 5) is 14.0. The van der Waals surface area contributed by atoms with Crippen LogP contribution in [0.5, 0.6) is 0 Å². The number of carbonyl (C=O) groups is 1. The number of halogens is 2. The Morgan fingerprint density at radius 2 is 1.82 bits per heavy atom. The second-order valence-electron chi connectivity index (χ2n) is 5.29. The van der Waals surface area contributed by atoms with Gasteiger partial charge < -0.3 is 10.0 Å². The Kier molecular flexibility index (Phi) is 3.90. The average molecular weight is 303 g/mol. The maximum Gasteiger partial charge on any atom is 0.255 e. The summed E-state index contributed by atoms with van der Waals surface area (Å²) < 4.78 is 27.1. The smallest absolute Gasteiger partial charge is 0.255 e. The minimum Gasteiger partial charge on any atom is -0.396 e. The molecule has 2 aromatic carbocycles. The molecular weight excluding hydrogens is 288 g/mol. The van der Waals surface area contributed by atoms with Crippen LogP contribution in [0.4, 0.5) is 8.78 Å². The molecule has 0 fully saturated rings. The topological polar surface area (TPSA) is 40.5 Å². The van der Waals surface area contributed by atoms with E-state index in [4.69, 9.17) is 0 Å². The zero-order valence-corrected chi connectivity index (χ0v) is 11.8. The number of amides is 1. The van der Waals surface area contributed by atoms with Crippen molar-refractivity contribution in [3.8, 4) is 0 Å². The maximum atomic E-state index is 14.1. The lowest BCUT2D eigenvalue weighted by atomic mass is 10.0. The van der Waals surface area contributed by atoms with Gasteiger partial charge in [-0.05, 0) is 36.2 Å². The Morgan fingerprint density at radius 3 is 2.50 bits per heavy atom. The molecule has 0 bridgehead atoms. The Labute approximate surface area is 126 Å². The van der Waals surface area contributed by atoms with Gasteiger partial charge in [-0.2, -0.15) is 0 Å². The minimum atomic E-state index is -0.501. The van der Waals surface area contributed by atoms with Crippen molar-refractivity contribution in [3.05, 3.63) is 70.8 Å². The van der Waals surface area contributed by atoms with Crippen LogP contribution in [0, 0.1) is 11.6 Å². The third kappa shape index (κ3) is 2.48. The van der Waals surface area contributed by atoms with E-state index in [-0.39, 0.29) is 31.3 Å². The van der Waals surface area contributed by atoms with E-state index in [0.717, 1.165) is 5.56 Å². The quantitative estimate of drug-likeness (QED) is 0.943. The maximum absolute atomic E-state index is 14.1. The van der Waals surface area contributed by atoms with Crippen molar-refractivity contribution < 1.29 is 18.7 Å². The average Bonchev–Trinajstić information content (AvgIpc) is 2.77. The fourth-order valence-corrected chi connectivity index (χ4v) is 2.91. The zero-order valence-electron chi connectivity index (χ0n) is 11.8. The third-order valence-electron chi connectivity index (χ3n) is 3.92. The second kappa shape index (κ2) is 5.85. The van der Waals surface area contributed by atoms with Crippen LogP contribution in [0.1, 0.15) is 33.9 Å². The van der Waals surface area contributed by atoms with Crippen LogP contribution < -0.4 is 0 Å². The summed E-state index contributed by atoms with van der Waals surface area (Å²) in [5.74, 6) is -1.05. The number of benzene rings is 2. The summed E-state index contributed by atoms with van der Waals surface area (Å²) in [5, 5.41) is 9.24. The Hall–Kier alpha value is -2.27. The van der Waals surface area contributed by atoms with Crippen LogP contribution in [-0.4, -0.2) is 22.5 Å². The number of aliphatic hydroxyl groups is 1. The predicted molar refractivity (Wildman–Crippen MR) is 77.1 cm³/mol. The first-order chi connectivity index (χ1) is 10.6. The SMILES string of the molecule is O=C1c2cccc(F)c2C(CCO)N1Cc1ccc(F)cc1. The summed E-state index contributed by atoms with van der Waals surface area (Å²) >= 11 is 0. The molecule has 0 saturated carbocycles. The number of aliphatic hydroxyl groups excluding tert-OH is 1. The molecule has 114 valence electrons. The van der Waals surface area contributed by atoms with Gasteiger partial charge in [-0.25, -0.2) is 8.78 Å². The normalized spacial score (nSPS) is 17.0. The molecule has 0 saturated heterocycles. The lowest BCUT2D eigenvalue weighted by Crippen LogP contribution is -2.28. The molecule has 2 aromatic rings. The summed E-state index contributed by atoms with van der Waals surface area (Å²) in [7, 11) is 0. The molecule has 22 heavy (non-hydrogen) atoms. The van der Waals surface area contributed by atoms with Crippen molar-refractivity contribution in [2.45, 2.75) is 19.0 Å². The van der Waals surface area contributed by atoms with E-state index in [1.54, 1.807) is 18.2 Å². The molecule has 3 nitrogen and oxygen atoms in total. The third-order valence-corrected chi connectivity index (χ3v) is 3.92. The van der Waals surface area contributed by atoms with E-state index < -0.39 is 11.9 Å². The van der Waals surface area contributed by atoms with Crippen LogP contribution in [0.25, 0.3) is 0 Å². The molecule has 1 N–H and O–H groups in total. The van der Waals surface area contributed by atoms with Crippen molar-refractivity contribution >= 4 is 5.91 Å². The molecule has 5 heteroatoms. The van der Waals surface area contributed by atoms with E-state index in [2.05, 4.69) is 0 Å². The number of hydrogen-bond donors (Lipinski definition) is 1. The molecule has 0 radical (unpaired) electrons. The minimum absolute atomic E-state index is 0.147. The number of rotatable bonds is 4. The second-order valence-corrected chi connectivity index (χ2v) is 5.29. The van der Waals surface area contributed by atoms with Gasteiger partial charge in [0.25, 0.3) is 5.91 Å². The summed E-state index contributed by atoms with van der Waals surface area (Å²) in [6.45, 7) is 0.101.